The lowest BCUT2D eigenvalue weighted by atomic mass is 9.90. The van der Waals surface area contributed by atoms with Crippen molar-refractivity contribution in [3.05, 3.63) is 92.9 Å². The second kappa shape index (κ2) is 7.56. The van der Waals surface area contributed by atoms with Crippen LogP contribution in [-0.2, 0) is 29.5 Å². The van der Waals surface area contributed by atoms with Crippen LogP contribution in [0, 0.1) is 0 Å². The Hall–Kier alpha value is -3.21. The number of benzene rings is 2. The lowest BCUT2D eigenvalue weighted by Crippen LogP contribution is -2.27. The average molecular weight is 399 g/mol. The van der Waals surface area contributed by atoms with Crippen LogP contribution in [0.4, 0.5) is 5.69 Å². The third-order valence-corrected chi connectivity index (χ3v) is 6.45. The Morgan fingerprint density at radius 2 is 1.77 bits per heavy atom. The predicted molar refractivity (Wildman–Crippen MR) is 117 cm³/mol. The molecule has 0 radical (unpaired) electrons. The Bertz CT molecular complexity index is 1150. The van der Waals surface area contributed by atoms with Crippen LogP contribution in [0.15, 0.2) is 59.4 Å². The quantitative estimate of drug-likeness (QED) is 0.683. The van der Waals surface area contributed by atoms with Crippen molar-refractivity contribution in [1.29, 1.82) is 0 Å². The summed E-state index contributed by atoms with van der Waals surface area (Å²) in [7, 11) is 0. The fraction of sp³-hybridized carbons (Fsp3) is 0.320. The van der Waals surface area contributed by atoms with Gasteiger partial charge in [-0.2, -0.15) is 5.10 Å². The molecule has 0 atom stereocenters. The number of rotatable bonds is 5. The lowest BCUT2D eigenvalue weighted by molar-refractivity contribution is -0.118. The molecule has 1 heterocycles. The van der Waals surface area contributed by atoms with Gasteiger partial charge in [0, 0.05) is 17.7 Å². The second-order valence-corrected chi connectivity index (χ2v) is 8.44. The summed E-state index contributed by atoms with van der Waals surface area (Å²) in [5.74, 6) is 0.0606. The van der Waals surface area contributed by atoms with Gasteiger partial charge >= 0.3 is 0 Å². The summed E-state index contributed by atoms with van der Waals surface area (Å²) in [5.41, 5.74) is 5.47. The number of amides is 1. The van der Waals surface area contributed by atoms with Gasteiger partial charge in [0.2, 0.25) is 5.91 Å². The monoisotopic (exact) mass is 399 g/mol. The minimum absolute atomic E-state index is 0.0508. The highest BCUT2D eigenvalue weighted by Gasteiger charge is 2.51. The molecule has 2 N–H and O–H groups in total. The summed E-state index contributed by atoms with van der Waals surface area (Å²) in [4.78, 5) is 25.1. The first-order valence-corrected chi connectivity index (χ1v) is 10.7. The molecule has 0 spiro atoms. The molecular weight excluding hydrogens is 374 g/mol. The molecule has 152 valence electrons. The number of aromatic nitrogens is 2. The van der Waals surface area contributed by atoms with E-state index in [0.717, 1.165) is 72.2 Å². The molecule has 1 saturated carbocycles. The topological polar surface area (TPSA) is 74.8 Å². The maximum absolute atomic E-state index is 13.0. The molecule has 2 aliphatic rings. The lowest BCUT2D eigenvalue weighted by Gasteiger charge is -2.18. The Balaban J connectivity index is 1.36. The molecule has 1 amide bonds. The number of H-pyrrole nitrogens is 1. The Labute approximate surface area is 175 Å². The first kappa shape index (κ1) is 18.8. The van der Waals surface area contributed by atoms with E-state index < -0.39 is 5.41 Å². The summed E-state index contributed by atoms with van der Waals surface area (Å²) < 4.78 is 0. The molecule has 2 aromatic carbocycles. The van der Waals surface area contributed by atoms with E-state index in [-0.39, 0.29) is 11.5 Å². The molecule has 30 heavy (non-hydrogen) atoms. The maximum atomic E-state index is 13.0. The van der Waals surface area contributed by atoms with E-state index in [0.29, 0.717) is 6.42 Å². The van der Waals surface area contributed by atoms with Crippen molar-refractivity contribution in [2.75, 3.05) is 5.32 Å². The number of hydrogen-bond donors (Lipinski definition) is 2. The zero-order valence-corrected chi connectivity index (χ0v) is 16.9. The predicted octanol–water partition coefficient (Wildman–Crippen LogP) is 3.91. The molecule has 0 aliphatic heterocycles. The van der Waals surface area contributed by atoms with Crippen LogP contribution in [-0.4, -0.2) is 16.1 Å². The molecule has 5 rings (SSSR count). The molecule has 0 bridgehead atoms. The number of hydrogen-bond acceptors (Lipinski definition) is 3. The molecule has 0 saturated heterocycles. The number of carbonyl (C=O) groups is 1. The molecule has 2 aliphatic carbocycles. The fourth-order valence-electron chi connectivity index (χ4n) is 4.61. The van der Waals surface area contributed by atoms with Gasteiger partial charge in [0.25, 0.3) is 5.56 Å². The number of aromatic amines is 1. The van der Waals surface area contributed by atoms with Gasteiger partial charge in [-0.3, -0.25) is 9.59 Å². The first-order chi connectivity index (χ1) is 14.7. The van der Waals surface area contributed by atoms with Gasteiger partial charge in [-0.05, 0) is 67.3 Å². The summed E-state index contributed by atoms with van der Waals surface area (Å²) in [6, 6.07) is 18.0. The van der Waals surface area contributed by atoms with Crippen molar-refractivity contribution < 1.29 is 4.79 Å². The molecule has 1 aromatic heterocycles. The van der Waals surface area contributed by atoms with Crippen LogP contribution in [0.1, 0.15) is 53.6 Å². The summed E-state index contributed by atoms with van der Waals surface area (Å²) >= 11 is 0. The number of nitrogens with zero attached hydrogens (tertiary/aromatic N) is 1. The number of nitrogens with one attached hydrogen (secondary N) is 2. The van der Waals surface area contributed by atoms with Gasteiger partial charge in [0.1, 0.15) is 0 Å². The van der Waals surface area contributed by atoms with Crippen molar-refractivity contribution in [1.82, 2.24) is 10.2 Å². The highest BCUT2D eigenvalue weighted by Crippen LogP contribution is 2.48. The van der Waals surface area contributed by atoms with Gasteiger partial charge in [0.05, 0.1) is 11.1 Å². The van der Waals surface area contributed by atoms with E-state index in [4.69, 9.17) is 0 Å². The second-order valence-electron chi connectivity index (χ2n) is 8.44. The molecular formula is C25H25N3O2. The van der Waals surface area contributed by atoms with Crippen LogP contribution >= 0.6 is 0 Å². The number of fused-ring (bicyclic) bond motifs is 1. The van der Waals surface area contributed by atoms with E-state index in [9.17, 15) is 9.59 Å². The van der Waals surface area contributed by atoms with Crippen LogP contribution in [0.25, 0.3) is 0 Å². The van der Waals surface area contributed by atoms with E-state index in [2.05, 4.69) is 15.5 Å². The van der Waals surface area contributed by atoms with Crippen LogP contribution in [0.5, 0.6) is 0 Å². The normalized spacial score (nSPS) is 16.5. The Kier molecular flexibility index (Phi) is 4.74. The third kappa shape index (κ3) is 3.45. The molecule has 3 aromatic rings. The van der Waals surface area contributed by atoms with Crippen molar-refractivity contribution in [3.63, 3.8) is 0 Å². The number of carbonyl (C=O) groups excluding carboxylic acids is 1. The summed E-state index contributed by atoms with van der Waals surface area (Å²) in [5, 5.41) is 10.1. The Morgan fingerprint density at radius 3 is 2.53 bits per heavy atom. The molecule has 5 nitrogen and oxygen atoms in total. The van der Waals surface area contributed by atoms with Gasteiger partial charge < -0.3 is 5.32 Å². The maximum Gasteiger partial charge on any atom is 0.267 e. The van der Waals surface area contributed by atoms with Gasteiger partial charge in [-0.1, -0.05) is 42.5 Å². The minimum Gasteiger partial charge on any atom is -0.325 e. The van der Waals surface area contributed by atoms with Gasteiger partial charge in [0.15, 0.2) is 0 Å². The third-order valence-electron chi connectivity index (χ3n) is 6.45. The first-order valence-electron chi connectivity index (χ1n) is 10.7. The SMILES string of the molecule is O=C(Nc1cccc(Cc2n[nH]c(=O)c3c2CCCC3)c1)C1(c2ccccc2)CC1. The number of anilines is 1. The van der Waals surface area contributed by atoms with Crippen LogP contribution in [0.3, 0.4) is 0 Å². The van der Waals surface area contributed by atoms with Gasteiger partial charge in [-0.15, -0.1) is 0 Å². The van der Waals surface area contributed by atoms with Crippen molar-refractivity contribution >= 4 is 11.6 Å². The molecule has 5 heteroatoms. The summed E-state index contributed by atoms with van der Waals surface area (Å²) in [6.07, 6.45) is 6.32. The zero-order valence-electron chi connectivity index (χ0n) is 16.9. The standard InChI is InChI=1S/C25H25N3O2/c29-23-21-12-5-4-11-20(21)22(27-28-23)16-17-7-6-10-19(15-17)26-24(30)25(13-14-25)18-8-2-1-3-9-18/h1-3,6-10,15H,4-5,11-14,16H2,(H,26,30)(H,28,29). The van der Waals surface area contributed by atoms with Crippen LogP contribution < -0.4 is 10.9 Å². The molecule has 1 fully saturated rings. The van der Waals surface area contributed by atoms with E-state index in [1.165, 1.54) is 0 Å². The Morgan fingerprint density at radius 1 is 1.00 bits per heavy atom. The van der Waals surface area contributed by atoms with Crippen LogP contribution in [0.2, 0.25) is 0 Å². The zero-order chi connectivity index (χ0) is 20.6. The fourth-order valence-corrected chi connectivity index (χ4v) is 4.61. The van der Waals surface area contributed by atoms with E-state index >= 15 is 0 Å². The largest absolute Gasteiger partial charge is 0.325 e. The average Bonchev–Trinajstić information content (AvgIpc) is 3.59. The smallest absolute Gasteiger partial charge is 0.267 e. The van der Waals surface area contributed by atoms with Crippen molar-refractivity contribution in [2.45, 2.75) is 50.4 Å². The highest BCUT2D eigenvalue weighted by molar-refractivity contribution is 6.01. The summed E-state index contributed by atoms with van der Waals surface area (Å²) in [6.45, 7) is 0. The van der Waals surface area contributed by atoms with Crippen molar-refractivity contribution in [2.24, 2.45) is 0 Å². The highest BCUT2D eigenvalue weighted by atomic mass is 16.2. The minimum atomic E-state index is -0.392. The van der Waals surface area contributed by atoms with Gasteiger partial charge in [-0.25, -0.2) is 5.10 Å². The van der Waals surface area contributed by atoms with E-state index in [1.807, 2.05) is 54.6 Å². The van der Waals surface area contributed by atoms with E-state index in [1.54, 1.807) is 0 Å². The van der Waals surface area contributed by atoms with Crippen molar-refractivity contribution in [3.8, 4) is 0 Å². The molecule has 0 unspecified atom stereocenters.